The standard InChI is InChI=1S/C20H22N4/c1-2-3-6-17(22)20-23-18-7-4-5-8-19(18)24(20)14-16-11-9-15(13-21)10-12-16/h4-5,7-12,17H,2-3,6,14,22H2,1H3. The van der Waals surface area contributed by atoms with E-state index < -0.39 is 0 Å². The Morgan fingerprint density at radius 1 is 1.17 bits per heavy atom. The van der Waals surface area contributed by atoms with E-state index in [-0.39, 0.29) is 6.04 Å². The number of hydrogen-bond acceptors (Lipinski definition) is 3. The van der Waals surface area contributed by atoms with Gasteiger partial charge in [-0.05, 0) is 36.2 Å². The summed E-state index contributed by atoms with van der Waals surface area (Å²) in [4.78, 5) is 4.78. The molecule has 2 N–H and O–H groups in total. The largest absolute Gasteiger partial charge is 0.322 e. The first-order chi connectivity index (χ1) is 11.7. The fourth-order valence-corrected chi connectivity index (χ4v) is 2.96. The van der Waals surface area contributed by atoms with E-state index in [9.17, 15) is 0 Å². The lowest BCUT2D eigenvalue weighted by Gasteiger charge is -2.15. The van der Waals surface area contributed by atoms with E-state index in [2.05, 4.69) is 23.6 Å². The van der Waals surface area contributed by atoms with Crippen LogP contribution in [0.5, 0.6) is 0 Å². The second kappa shape index (κ2) is 7.29. The molecule has 0 aliphatic heterocycles. The molecule has 4 heteroatoms. The van der Waals surface area contributed by atoms with Crippen molar-refractivity contribution in [3.8, 4) is 6.07 Å². The normalized spacial score (nSPS) is 12.2. The first kappa shape index (κ1) is 16.2. The van der Waals surface area contributed by atoms with Crippen molar-refractivity contribution in [1.29, 1.82) is 5.26 Å². The minimum absolute atomic E-state index is 0.0595. The quantitative estimate of drug-likeness (QED) is 0.742. The van der Waals surface area contributed by atoms with Crippen LogP contribution in [-0.2, 0) is 6.54 Å². The summed E-state index contributed by atoms with van der Waals surface area (Å²) in [6.07, 6.45) is 3.16. The first-order valence-corrected chi connectivity index (χ1v) is 8.42. The fraction of sp³-hybridized carbons (Fsp3) is 0.300. The molecule has 2 aromatic carbocycles. The lowest BCUT2D eigenvalue weighted by molar-refractivity contribution is 0.552. The summed E-state index contributed by atoms with van der Waals surface area (Å²) in [5.74, 6) is 0.939. The molecular weight excluding hydrogens is 296 g/mol. The highest BCUT2D eigenvalue weighted by Crippen LogP contribution is 2.24. The molecule has 0 saturated heterocycles. The molecule has 3 aromatic rings. The summed E-state index contributed by atoms with van der Waals surface area (Å²) in [5.41, 5.74) is 10.3. The summed E-state index contributed by atoms with van der Waals surface area (Å²) in [5, 5.41) is 8.94. The van der Waals surface area contributed by atoms with Crippen LogP contribution in [0.2, 0.25) is 0 Å². The van der Waals surface area contributed by atoms with E-state index >= 15 is 0 Å². The average Bonchev–Trinajstić information content (AvgIpc) is 2.99. The Morgan fingerprint density at radius 3 is 2.62 bits per heavy atom. The maximum absolute atomic E-state index is 8.94. The van der Waals surface area contributed by atoms with E-state index in [1.54, 1.807) is 0 Å². The highest BCUT2D eigenvalue weighted by molar-refractivity contribution is 5.76. The van der Waals surface area contributed by atoms with Crippen molar-refractivity contribution in [2.45, 2.75) is 38.8 Å². The van der Waals surface area contributed by atoms with Crippen LogP contribution in [0.25, 0.3) is 11.0 Å². The van der Waals surface area contributed by atoms with E-state index in [0.29, 0.717) is 12.1 Å². The third-order valence-electron chi connectivity index (χ3n) is 4.31. The Balaban J connectivity index is 1.98. The first-order valence-electron chi connectivity index (χ1n) is 8.42. The van der Waals surface area contributed by atoms with Gasteiger partial charge in [0.15, 0.2) is 0 Å². The summed E-state index contributed by atoms with van der Waals surface area (Å²) >= 11 is 0. The third kappa shape index (κ3) is 3.32. The maximum Gasteiger partial charge on any atom is 0.127 e. The van der Waals surface area contributed by atoms with Gasteiger partial charge in [0, 0.05) is 6.54 Å². The SMILES string of the molecule is CCCCC(N)c1nc2ccccc2n1Cc1ccc(C#N)cc1. The molecule has 24 heavy (non-hydrogen) atoms. The Kier molecular flexibility index (Phi) is 4.93. The molecule has 0 aliphatic carbocycles. The minimum atomic E-state index is -0.0595. The molecule has 0 aliphatic rings. The van der Waals surface area contributed by atoms with Crippen molar-refractivity contribution in [2.24, 2.45) is 5.73 Å². The van der Waals surface area contributed by atoms with Gasteiger partial charge in [-0.1, -0.05) is 44.0 Å². The van der Waals surface area contributed by atoms with Gasteiger partial charge in [-0.2, -0.15) is 5.26 Å². The average molecular weight is 318 g/mol. The maximum atomic E-state index is 8.94. The molecule has 1 unspecified atom stereocenters. The fourth-order valence-electron chi connectivity index (χ4n) is 2.96. The Hall–Kier alpha value is -2.64. The van der Waals surface area contributed by atoms with E-state index in [0.717, 1.165) is 41.7 Å². The van der Waals surface area contributed by atoms with E-state index in [1.165, 1.54) is 0 Å². The molecule has 1 heterocycles. The molecule has 0 saturated carbocycles. The lowest BCUT2D eigenvalue weighted by Crippen LogP contribution is -2.17. The molecule has 0 bridgehead atoms. The zero-order valence-corrected chi connectivity index (χ0v) is 13.9. The number of para-hydroxylation sites is 2. The zero-order valence-electron chi connectivity index (χ0n) is 13.9. The van der Waals surface area contributed by atoms with Crippen LogP contribution in [0.4, 0.5) is 0 Å². The number of fused-ring (bicyclic) bond motifs is 1. The van der Waals surface area contributed by atoms with Crippen LogP contribution in [0.3, 0.4) is 0 Å². The predicted molar refractivity (Wildman–Crippen MR) is 96.4 cm³/mol. The van der Waals surface area contributed by atoms with Crippen molar-refractivity contribution in [3.63, 3.8) is 0 Å². The number of unbranched alkanes of at least 4 members (excludes halogenated alkanes) is 1. The highest BCUT2D eigenvalue weighted by Gasteiger charge is 2.16. The lowest BCUT2D eigenvalue weighted by atomic mass is 10.1. The molecule has 0 radical (unpaired) electrons. The molecule has 0 spiro atoms. The summed E-state index contributed by atoms with van der Waals surface area (Å²) in [7, 11) is 0. The molecule has 3 rings (SSSR count). The Bertz CT molecular complexity index is 855. The summed E-state index contributed by atoms with van der Waals surface area (Å²) in [6.45, 7) is 2.88. The number of nitrogens with two attached hydrogens (primary N) is 1. The summed E-state index contributed by atoms with van der Waals surface area (Å²) < 4.78 is 2.21. The van der Waals surface area contributed by atoms with Gasteiger partial charge in [0.25, 0.3) is 0 Å². The second-order valence-corrected chi connectivity index (χ2v) is 6.10. The topological polar surface area (TPSA) is 67.6 Å². The van der Waals surface area contributed by atoms with Crippen LogP contribution < -0.4 is 5.73 Å². The minimum Gasteiger partial charge on any atom is -0.322 e. The molecule has 1 aromatic heterocycles. The number of hydrogen-bond donors (Lipinski definition) is 1. The van der Waals surface area contributed by atoms with Gasteiger partial charge in [-0.25, -0.2) is 4.98 Å². The van der Waals surface area contributed by atoms with Crippen LogP contribution >= 0.6 is 0 Å². The predicted octanol–water partition coefficient (Wildman–Crippen LogP) is 4.15. The number of nitrogens with zero attached hydrogens (tertiary/aromatic N) is 3. The molecule has 0 fully saturated rings. The van der Waals surface area contributed by atoms with Gasteiger partial charge in [0.1, 0.15) is 5.82 Å². The number of nitriles is 1. The van der Waals surface area contributed by atoms with Crippen molar-refractivity contribution >= 4 is 11.0 Å². The van der Waals surface area contributed by atoms with Crippen molar-refractivity contribution < 1.29 is 0 Å². The van der Waals surface area contributed by atoms with Gasteiger partial charge < -0.3 is 10.3 Å². The van der Waals surface area contributed by atoms with Crippen molar-refractivity contribution in [2.75, 3.05) is 0 Å². The molecular formula is C20H22N4. The van der Waals surface area contributed by atoms with Crippen LogP contribution in [-0.4, -0.2) is 9.55 Å². The van der Waals surface area contributed by atoms with Gasteiger partial charge in [-0.15, -0.1) is 0 Å². The van der Waals surface area contributed by atoms with Crippen molar-refractivity contribution in [3.05, 3.63) is 65.5 Å². The van der Waals surface area contributed by atoms with Gasteiger partial charge >= 0.3 is 0 Å². The third-order valence-corrected chi connectivity index (χ3v) is 4.31. The van der Waals surface area contributed by atoms with Crippen LogP contribution in [0.1, 0.15) is 49.2 Å². The van der Waals surface area contributed by atoms with Gasteiger partial charge in [-0.3, -0.25) is 0 Å². The molecule has 4 nitrogen and oxygen atoms in total. The zero-order chi connectivity index (χ0) is 16.9. The number of rotatable bonds is 6. The monoisotopic (exact) mass is 318 g/mol. The molecule has 122 valence electrons. The van der Waals surface area contributed by atoms with Crippen LogP contribution in [0.15, 0.2) is 48.5 Å². The smallest absolute Gasteiger partial charge is 0.127 e. The molecule has 1 atom stereocenters. The van der Waals surface area contributed by atoms with Crippen molar-refractivity contribution in [1.82, 2.24) is 9.55 Å². The molecule has 0 amide bonds. The Morgan fingerprint density at radius 2 is 1.92 bits per heavy atom. The van der Waals surface area contributed by atoms with Crippen LogP contribution in [0, 0.1) is 11.3 Å². The van der Waals surface area contributed by atoms with Gasteiger partial charge in [0.2, 0.25) is 0 Å². The second-order valence-electron chi connectivity index (χ2n) is 6.10. The Labute approximate surface area is 142 Å². The van der Waals surface area contributed by atoms with Gasteiger partial charge in [0.05, 0.1) is 28.7 Å². The van der Waals surface area contributed by atoms with E-state index in [1.807, 2.05) is 42.5 Å². The highest BCUT2D eigenvalue weighted by atomic mass is 15.1. The number of aromatic nitrogens is 2. The summed E-state index contributed by atoms with van der Waals surface area (Å²) in [6, 6.07) is 17.9. The number of imidazole rings is 1. The number of benzene rings is 2. The van der Waals surface area contributed by atoms with E-state index in [4.69, 9.17) is 16.0 Å².